The summed E-state index contributed by atoms with van der Waals surface area (Å²) in [5.74, 6) is -0.119. The number of rotatable bonds is 6. The third kappa shape index (κ3) is 4.62. The Morgan fingerprint density at radius 3 is 2.71 bits per heavy atom. The molecule has 0 spiro atoms. The molecule has 35 heavy (non-hydrogen) atoms. The van der Waals surface area contributed by atoms with E-state index in [1.54, 1.807) is 35.4 Å². The van der Waals surface area contributed by atoms with Crippen molar-refractivity contribution in [3.63, 3.8) is 0 Å². The normalized spacial score (nSPS) is 14.1. The molecule has 1 aliphatic rings. The summed E-state index contributed by atoms with van der Waals surface area (Å²) in [5, 5.41) is 13.7. The molecule has 5 rings (SSSR count). The van der Waals surface area contributed by atoms with E-state index in [0.717, 1.165) is 16.7 Å². The second-order valence-corrected chi connectivity index (χ2v) is 8.85. The molecule has 0 saturated heterocycles. The summed E-state index contributed by atoms with van der Waals surface area (Å²) in [4.78, 5) is 24.1. The number of nitrogens with zero attached hydrogens (tertiary/aromatic N) is 4. The zero-order chi connectivity index (χ0) is 24.5. The van der Waals surface area contributed by atoms with Crippen LogP contribution in [0.2, 0.25) is 5.02 Å². The van der Waals surface area contributed by atoms with E-state index in [0.29, 0.717) is 41.1 Å². The van der Waals surface area contributed by atoms with Crippen LogP contribution in [0.1, 0.15) is 27.7 Å². The van der Waals surface area contributed by atoms with E-state index in [4.69, 9.17) is 11.6 Å². The maximum atomic E-state index is 13.4. The number of aryl methyl sites for hydroxylation is 1. The van der Waals surface area contributed by atoms with Crippen LogP contribution in [-0.4, -0.2) is 43.6 Å². The third-order valence-corrected chi connectivity index (χ3v) is 6.32. The van der Waals surface area contributed by atoms with Crippen molar-refractivity contribution in [3.05, 3.63) is 94.7 Å². The number of nitrogens with one attached hydrogen (secondary N) is 1. The molecule has 4 aromatic rings. The van der Waals surface area contributed by atoms with Gasteiger partial charge in [-0.25, -0.2) is 14.4 Å². The van der Waals surface area contributed by atoms with Crippen molar-refractivity contribution in [3.8, 4) is 11.3 Å². The molecule has 2 aromatic heterocycles. The molecule has 2 aromatic carbocycles. The Hall–Kier alpha value is -3.75. The summed E-state index contributed by atoms with van der Waals surface area (Å²) in [6.07, 6.45) is 3.62. The van der Waals surface area contributed by atoms with Gasteiger partial charge in [-0.3, -0.25) is 4.79 Å². The Kier molecular flexibility index (Phi) is 6.23. The van der Waals surface area contributed by atoms with E-state index in [-0.39, 0.29) is 18.3 Å². The summed E-state index contributed by atoms with van der Waals surface area (Å²) < 4.78 is 15.1. The number of benzene rings is 2. The van der Waals surface area contributed by atoms with Crippen molar-refractivity contribution < 1.29 is 14.3 Å². The van der Waals surface area contributed by atoms with Crippen LogP contribution in [-0.2, 0) is 6.54 Å². The van der Waals surface area contributed by atoms with Gasteiger partial charge in [0.05, 0.1) is 18.3 Å². The Balaban J connectivity index is 1.43. The van der Waals surface area contributed by atoms with Gasteiger partial charge in [-0.05, 0) is 60.5 Å². The van der Waals surface area contributed by atoms with E-state index in [1.165, 1.54) is 12.1 Å². The smallest absolute Gasteiger partial charge is 0.271 e. The monoisotopic (exact) mass is 491 g/mol. The summed E-state index contributed by atoms with van der Waals surface area (Å²) in [6, 6.07) is 14.5. The fraction of sp³-hybridized carbons (Fsp3) is 0.192. The molecule has 0 radical (unpaired) electrons. The molecular weight excluding hydrogens is 469 g/mol. The van der Waals surface area contributed by atoms with Crippen molar-refractivity contribution in [2.24, 2.45) is 0 Å². The first-order valence-corrected chi connectivity index (χ1v) is 11.5. The lowest BCUT2D eigenvalue weighted by atomic mass is 10.0. The number of aliphatic hydroxyl groups is 1. The van der Waals surface area contributed by atoms with Gasteiger partial charge in [0.25, 0.3) is 5.91 Å². The molecule has 0 fully saturated rings. The fourth-order valence-corrected chi connectivity index (χ4v) is 4.52. The number of halogens is 2. The zero-order valence-electron chi connectivity index (χ0n) is 18.9. The highest BCUT2D eigenvalue weighted by Gasteiger charge is 2.32. The predicted molar refractivity (Wildman–Crippen MR) is 132 cm³/mol. The molecule has 1 atom stereocenters. The summed E-state index contributed by atoms with van der Waals surface area (Å²) in [5.41, 5.74) is 4.32. The largest absolute Gasteiger partial charge is 0.394 e. The highest BCUT2D eigenvalue weighted by molar-refractivity contribution is 6.30. The molecule has 1 aliphatic heterocycles. The topological polar surface area (TPSA) is 83.3 Å². The van der Waals surface area contributed by atoms with Gasteiger partial charge in [0.15, 0.2) is 0 Å². The molecule has 0 unspecified atom stereocenters. The van der Waals surface area contributed by atoms with Gasteiger partial charge >= 0.3 is 0 Å². The van der Waals surface area contributed by atoms with Crippen LogP contribution >= 0.6 is 11.6 Å². The van der Waals surface area contributed by atoms with Crippen LogP contribution < -0.4 is 5.32 Å². The third-order valence-electron chi connectivity index (χ3n) is 6.09. The molecule has 0 saturated carbocycles. The first-order valence-electron chi connectivity index (χ1n) is 11.2. The first-order chi connectivity index (χ1) is 16.9. The number of fused-ring (bicyclic) bond motifs is 1. The number of carbonyl (C=O) groups excluding carboxylic acids is 1. The number of aliphatic hydroxyl groups excluding tert-OH is 1. The van der Waals surface area contributed by atoms with E-state index in [2.05, 4.69) is 15.3 Å². The lowest BCUT2D eigenvalue weighted by Crippen LogP contribution is -2.43. The number of amides is 1. The van der Waals surface area contributed by atoms with Gasteiger partial charge in [-0.2, -0.15) is 0 Å². The molecule has 7 nitrogen and oxygen atoms in total. The van der Waals surface area contributed by atoms with Crippen molar-refractivity contribution >= 4 is 29.1 Å². The lowest BCUT2D eigenvalue weighted by Gasteiger charge is -2.34. The Morgan fingerprint density at radius 2 is 1.97 bits per heavy atom. The lowest BCUT2D eigenvalue weighted by molar-refractivity contribution is 0.0526. The maximum absolute atomic E-state index is 13.4. The second kappa shape index (κ2) is 9.48. The molecule has 2 N–H and O–H groups in total. The van der Waals surface area contributed by atoms with E-state index in [9.17, 15) is 14.3 Å². The second-order valence-electron chi connectivity index (χ2n) is 8.42. The van der Waals surface area contributed by atoms with Gasteiger partial charge in [-0.1, -0.05) is 23.7 Å². The quantitative estimate of drug-likeness (QED) is 0.397. The van der Waals surface area contributed by atoms with Gasteiger partial charge in [0.1, 0.15) is 11.5 Å². The summed E-state index contributed by atoms with van der Waals surface area (Å²) >= 11 is 6.14. The number of hydrogen-bond acceptors (Lipinski definition) is 5. The zero-order valence-corrected chi connectivity index (χ0v) is 19.7. The molecular formula is C26H23ClFN5O2. The van der Waals surface area contributed by atoms with Crippen LogP contribution in [0.5, 0.6) is 0 Å². The minimum atomic E-state index is -0.486. The van der Waals surface area contributed by atoms with Gasteiger partial charge in [0.2, 0.25) is 5.95 Å². The SMILES string of the molecule is Cc1cnc(Nc2ccc(F)cc2)nc1-c1cc2n(c1)CCN([C@@H](CO)c1cccc(Cl)c1)C2=O. The summed E-state index contributed by atoms with van der Waals surface area (Å²) in [7, 11) is 0. The van der Waals surface area contributed by atoms with Crippen LogP contribution in [0.25, 0.3) is 11.3 Å². The van der Waals surface area contributed by atoms with Gasteiger partial charge in [-0.15, -0.1) is 0 Å². The number of hydrogen-bond donors (Lipinski definition) is 2. The minimum Gasteiger partial charge on any atom is -0.394 e. The molecule has 0 bridgehead atoms. The molecule has 9 heteroatoms. The fourth-order valence-electron chi connectivity index (χ4n) is 4.32. The van der Waals surface area contributed by atoms with Crippen LogP contribution in [0.15, 0.2) is 67.0 Å². The van der Waals surface area contributed by atoms with E-state index < -0.39 is 6.04 Å². The van der Waals surface area contributed by atoms with Crippen LogP contribution in [0, 0.1) is 12.7 Å². The first kappa shape index (κ1) is 23.0. The van der Waals surface area contributed by atoms with E-state index >= 15 is 0 Å². The maximum Gasteiger partial charge on any atom is 0.271 e. The molecule has 1 amide bonds. The predicted octanol–water partition coefficient (Wildman–Crippen LogP) is 4.98. The Labute approximate surface area is 206 Å². The number of aromatic nitrogens is 3. The Bertz CT molecular complexity index is 1390. The average molecular weight is 492 g/mol. The minimum absolute atomic E-state index is 0.169. The van der Waals surface area contributed by atoms with Gasteiger partial charge < -0.3 is 19.9 Å². The van der Waals surface area contributed by atoms with Crippen LogP contribution in [0.4, 0.5) is 16.0 Å². The highest BCUT2D eigenvalue weighted by Crippen LogP contribution is 2.31. The molecule has 3 heterocycles. The van der Waals surface area contributed by atoms with Crippen molar-refractivity contribution in [2.45, 2.75) is 19.5 Å². The van der Waals surface area contributed by atoms with Crippen molar-refractivity contribution in [1.29, 1.82) is 0 Å². The Morgan fingerprint density at radius 1 is 1.17 bits per heavy atom. The standard InChI is InChI=1S/C26H23ClFN5O2/c1-16-13-29-26(30-21-7-5-20(28)6-8-21)31-24(16)18-12-22-25(35)33(10-9-32(22)14-18)23(15-34)17-3-2-4-19(27)11-17/h2-8,11-14,23,34H,9-10,15H2,1H3,(H,29,30,31)/t23-/m0/s1. The highest BCUT2D eigenvalue weighted by atomic mass is 35.5. The molecule has 178 valence electrons. The van der Waals surface area contributed by atoms with Crippen LogP contribution in [0.3, 0.4) is 0 Å². The summed E-state index contributed by atoms with van der Waals surface area (Å²) in [6.45, 7) is 2.74. The average Bonchev–Trinajstić information content (AvgIpc) is 3.29. The van der Waals surface area contributed by atoms with E-state index in [1.807, 2.05) is 35.9 Å². The number of anilines is 2. The van der Waals surface area contributed by atoms with Crippen molar-refractivity contribution in [1.82, 2.24) is 19.4 Å². The number of carbonyl (C=O) groups is 1. The molecule has 0 aliphatic carbocycles. The van der Waals surface area contributed by atoms with Crippen molar-refractivity contribution in [2.75, 3.05) is 18.5 Å². The van der Waals surface area contributed by atoms with Gasteiger partial charge in [0, 0.05) is 41.8 Å².